The van der Waals surface area contributed by atoms with Crippen LogP contribution in [0.25, 0.3) is 0 Å². The maximum Gasteiger partial charge on any atom is 0.0666 e. The van der Waals surface area contributed by atoms with Gasteiger partial charge in [0.05, 0.1) is 11.2 Å². The summed E-state index contributed by atoms with van der Waals surface area (Å²) in [6.45, 7) is 13.0. The summed E-state index contributed by atoms with van der Waals surface area (Å²) in [5.74, 6) is 1.09. The van der Waals surface area contributed by atoms with Crippen LogP contribution >= 0.6 is 0 Å². The zero-order valence-electron chi connectivity index (χ0n) is 10.4. The van der Waals surface area contributed by atoms with Gasteiger partial charge in [0, 0.05) is 6.04 Å². The van der Waals surface area contributed by atoms with Crippen molar-refractivity contribution in [1.29, 1.82) is 0 Å². The van der Waals surface area contributed by atoms with Gasteiger partial charge in [-0.15, -0.1) is 0 Å². The molecular formula is C12H25NO. The molecule has 0 amide bonds. The van der Waals surface area contributed by atoms with Crippen molar-refractivity contribution in [2.75, 3.05) is 0 Å². The smallest absolute Gasteiger partial charge is 0.0666 e. The Balaban J connectivity index is 2.80. The molecule has 1 aliphatic rings. The van der Waals surface area contributed by atoms with Gasteiger partial charge in [-0.25, -0.2) is 0 Å². The summed E-state index contributed by atoms with van der Waals surface area (Å²) in [5, 5.41) is 0. The predicted octanol–water partition coefficient (Wildman–Crippen LogP) is 2.56. The molecule has 2 heteroatoms. The minimum atomic E-state index is -0.0312. The van der Waals surface area contributed by atoms with Crippen molar-refractivity contribution in [3.8, 4) is 0 Å². The highest BCUT2D eigenvalue weighted by Crippen LogP contribution is 2.45. The summed E-state index contributed by atoms with van der Waals surface area (Å²) in [7, 11) is 0. The zero-order chi connectivity index (χ0) is 11.1. The Kier molecular flexibility index (Phi) is 2.99. The first-order chi connectivity index (χ1) is 6.16. The minimum Gasteiger partial charge on any atom is -0.369 e. The molecule has 1 fully saturated rings. The molecule has 2 nitrogen and oxygen atoms in total. The molecule has 2 N–H and O–H groups in total. The molecule has 0 aliphatic carbocycles. The Morgan fingerprint density at radius 3 is 2.00 bits per heavy atom. The molecule has 0 saturated carbocycles. The topological polar surface area (TPSA) is 35.2 Å². The van der Waals surface area contributed by atoms with Crippen molar-refractivity contribution < 1.29 is 4.74 Å². The van der Waals surface area contributed by atoms with Gasteiger partial charge in [-0.2, -0.15) is 0 Å². The van der Waals surface area contributed by atoms with Gasteiger partial charge < -0.3 is 10.5 Å². The summed E-state index contributed by atoms with van der Waals surface area (Å²) in [6, 6.07) is 0.247. The van der Waals surface area contributed by atoms with E-state index in [4.69, 9.17) is 10.5 Å². The van der Waals surface area contributed by atoms with E-state index in [2.05, 4.69) is 41.5 Å². The molecule has 3 unspecified atom stereocenters. The third kappa shape index (κ3) is 2.29. The lowest BCUT2D eigenvalue weighted by atomic mass is 9.76. The fraction of sp³-hybridized carbons (Fsp3) is 1.00. The Morgan fingerprint density at radius 2 is 1.71 bits per heavy atom. The molecule has 0 spiro atoms. The van der Waals surface area contributed by atoms with Crippen LogP contribution in [0, 0.1) is 11.8 Å². The predicted molar refractivity (Wildman–Crippen MR) is 60.2 cm³/mol. The van der Waals surface area contributed by atoms with Crippen molar-refractivity contribution in [3.63, 3.8) is 0 Å². The average molecular weight is 199 g/mol. The second-order valence-corrected chi connectivity index (χ2v) is 5.99. The normalized spacial score (nSPS) is 34.1. The largest absolute Gasteiger partial charge is 0.369 e. The van der Waals surface area contributed by atoms with Gasteiger partial charge in [0.1, 0.15) is 0 Å². The number of hydrogen-bond donors (Lipinski definition) is 1. The Labute approximate surface area is 88.2 Å². The molecular weight excluding hydrogens is 174 g/mol. The van der Waals surface area contributed by atoms with Crippen molar-refractivity contribution in [3.05, 3.63) is 0 Å². The van der Waals surface area contributed by atoms with E-state index in [1.54, 1.807) is 0 Å². The molecule has 0 bridgehead atoms. The van der Waals surface area contributed by atoms with E-state index in [0.717, 1.165) is 6.42 Å². The molecule has 1 heterocycles. The van der Waals surface area contributed by atoms with Gasteiger partial charge in [-0.3, -0.25) is 0 Å². The van der Waals surface area contributed by atoms with Crippen LogP contribution in [0.1, 0.15) is 48.0 Å². The Hall–Kier alpha value is -0.0800. The molecule has 0 aromatic heterocycles. The highest BCUT2D eigenvalue weighted by atomic mass is 16.5. The van der Waals surface area contributed by atoms with Crippen LogP contribution in [0.5, 0.6) is 0 Å². The quantitative estimate of drug-likeness (QED) is 0.742. The van der Waals surface area contributed by atoms with Crippen LogP contribution in [0.4, 0.5) is 0 Å². The van der Waals surface area contributed by atoms with Crippen molar-refractivity contribution in [2.45, 2.75) is 65.2 Å². The molecule has 14 heavy (non-hydrogen) atoms. The van der Waals surface area contributed by atoms with Crippen LogP contribution in [0.3, 0.4) is 0 Å². The molecule has 1 aliphatic heterocycles. The van der Waals surface area contributed by atoms with E-state index in [1.165, 1.54) is 0 Å². The highest BCUT2D eigenvalue weighted by molar-refractivity contribution is 4.97. The van der Waals surface area contributed by atoms with E-state index in [0.29, 0.717) is 11.8 Å². The van der Waals surface area contributed by atoms with Gasteiger partial charge in [0.15, 0.2) is 0 Å². The van der Waals surface area contributed by atoms with Crippen molar-refractivity contribution >= 4 is 0 Å². The highest BCUT2D eigenvalue weighted by Gasteiger charge is 2.48. The lowest BCUT2D eigenvalue weighted by Crippen LogP contribution is -2.39. The van der Waals surface area contributed by atoms with E-state index in [-0.39, 0.29) is 17.2 Å². The first kappa shape index (κ1) is 12.0. The maximum absolute atomic E-state index is 6.06. The van der Waals surface area contributed by atoms with E-state index < -0.39 is 0 Å². The number of nitrogens with two attached hydrogens (primary N) is 1. The van der Waals surface area contributed by atoms with Crippen molar-refractivity contribution in [1.82, 2.24) is 0 Å². The lowest BCUT2D eigenvalue weighted by Gasteiger charge is -2.32. The maximum atomic E-state index is 6.06. The molecule has 84 valence electrons. The van der Waals surface area contributed by atoms with E-state index >= 15 is 0 Å². The standard InChI is InChI=1S/C12H25NO/c1-8(9(2)13)10-7-11(3,4)14-12(10,5)6/h8-10H,7,13H2,1-6H3. The van der Waals surface area contributed by atoms with Gasteiger partial charge in [-0.1, -0.05) is 6.92 Å². The van der Waals surface area contributed by atoms with Crippen LogP contribution in [-0.2, 0) is 4.74 Å². The molecule has 0 aromatic rings. The summed E-state index contributed by atoms with van der Waals surface area (Å²) >= 11 is 0. The van der Waals surface area contributed by atoms with Crippen LogP contribution < -0.4 is 5.73 Å². The minimum absolute atomic E-state index is 0.0112. The Morgan fingerprint density at radius 1 is 1.21 bits per heavy atom. The first-order valence-electron chi connectivity index (χ1n) is 5.61. The fourth-order valence-corrected chi connectivity index (χ4v) is 2.79. The number of ether oxygens (including phenoxy) is 1. The van der Waals surface area contributed by atoms with E-state index in [9.17, 15) is 0 Å². The lowest BCUT2D eigenvalue weighted by molar-refractivity contribution is -0.0800. The van der Waals surface area contributed by atoms with Crippen LogP contribution in [-0.4, -0.2) is 17.2 Å². The Bertz CT molecular complexity index is 208. The molecule has 1 rings (SSSR count). The first-order valence-corrected chi connectivity index (χ1v) is 5.61. The third-order valence-corrected chi connectivity index (χ3v) is 3.61. The summed E-state index contributed by atoms with van der Waals surface area (Å²) in [4.78, 5) is 0. The SMILES string of the molecule is CC(N)C(C)C1CC(C)(C)OC1(C)C. The van der Waals surface area contributed by atoms with Gasteiger partial charge in [0.2, 0.25) is 0 Å². The number of rotatable bonds is 2. The third-order valence-electron chi connectivity index (χ3n) is 3.61. The fourth-order valence-electron chi connectivity index (χ4n) is 2.79. The average Bonchev–Trinajstić information content (AvgIpc) is 2.17. The van der Waals surface area contributed by atoms with Crippen molar-refractivity contribution in [2.24, 2.45) is 17.6 Å². The van der Waals surface area contributed by atoms with E-state index in [1.807, 2.05) is 0 Å². The number of hydrogen-bond acceptors (Lipinski definition) is 2. The summed E-state index contributed by atoms with van der Waals surface area (Å²) in [5.41, 5.74) is 5.95. The van der Waals surface area contributed by atoms with Crippen LogP contribution in [0.15, 0.2) is 0 Å². The summed E-state index contributed by atoms with van der Waals surface area (Å²) < 4.78 is 6.06. The van der Waals surface area contributed by atoms with Gasteiger partial charge in [0.25, 0.3) is 0 Å². The molecule has 0 aromatic carbocycles. The summed E-state index contributed by atoms with van der Waals surface area (Å²) in [6.07, 6.45) is 1.11. The monoisotopic (exact) mass is 199 g/mol. The van der Waals surface area contributed by atoms with Gasteiger partial charge in [-0.05, 0) is 52.9 Å². The molecule has 1 saturated heterocycles. The second kappa shape index (κ2) is 3.49. The van der Waals surface area contributed by atoms with Gasteiger partial charge >= 0.3 is 0 Å². The molecule has 3 atom stereocenters. The second-order valence-electron chi connectivity index (χ2n) is 5.99. The zero-order valence-corrected chi connectivity index (χ0v) is 10.4. The molecule has 0 radical (unpaired) electrons. The van der Waals surface area contributed by atoms with Crippen LogP contribution in [0.2, 0.25) is 0 Å².